The molecule has 1 heterocycles. The number of aromatic nitrogens is 2. The number of ether oxygens (including phenoxy) is 1. The minimum Gasteiger partial charge on any atom is -0.497 e. The summed E-state index contributed by atoms with van der Waals surface area (Å²) in [5.74, 6) is 1.45. The van der Waals surface area contributed by atoms with Crippen LogP contribution < -0.4 is 10.1 Å². The monoisotopic (exact) mass is 345 g/mol. The van der Waals surface area contributed by atoms with Crippen molar-refractivity contribution in [1.82, 2.24) is 10.2 Å². The van der Waals surface area contributed by atoms with Crippen LogP contribution >= 0.6 is 0 Å². The summed E-state index contributed by atoms with van der Waals surface area (Å²) in [5, 5.41) is 11.3. The number of halogens is 3. The van der Waals surface area contributed by atoms with Gasteiger partial charge in [0.1, 0.15) is 11.6 Å². The molecule has 4 rings (SSSR count). The lowest BCUT2D eigenvalue weighted by Gasteiger charge is -2.08. The first-order valence-corrected chi connectivity index (χ1v) is 7.57. The van der Waals surface area contributed by atoms with Crippen molar-refractivity contribution in [3.8, 4) is 17.0 Å². The molecule has 0 atom stereocenters. The number of methoxy groups -OCH3 is 1. The van der Waals surface area contributed by atoms with Gasteiger partial charge < -0.3 is 10.1 Å². The third kappa shape index (κ3) is 2.67. The number of alkyl halides is 3. The van der Waals surface area contributed by atoms with E-state index in [4.69, 9.17) is 4.74 Å². The fourth-order valence-corrected chi connectivity index (χ4v) is 2.90. The molecular weight excluding hydrogens is 331 g/mol. The number of rotatable bonds is 3. The van der Waals surface area contributed by atoms with E-state index in [2.05, 4.69) is 15.5 Å². The number of anilines is 2. The van der Waals surface area contributed by atoms with Gasteiger partial charge in [0.05, 0.1) is 18.4 Å². The molecule has 25 heavy (non-hydrogen) atoms. The van der Waals surface area contributed by atoms with E-state index in [1.54, 1.807) is 7.11 Å². The molecule has 2 aromatic carbocycles. The van der Waals surface area contributed by atoms with E-state index < -0.39 is 11.7 Å². The normalized spacial score (nSPS) is 12.0. The quantitative estimate of drug-likeness (QED) is 0.467. The summed E-state index contributed by atoms with van der Waals surface area (Å²) in [6, 6.07) is 12.7. The van der Waals surface area contributed by atoms with Gasteiger partial charge in [-0.1, -0.05) is 0 Å². The van der Waals surface area contributed by atoms with Crippen LogP contribution in [0.25, 0.3) is 22.0 Å². The molecule has 2 aromatic rings. The van der Waals surface area contributed by atoms with Crippen LogP contribution in [0.3, 0.4) is 0 Å². The van der Waals surface area contributed by atoms with Crippen LogP contribution in [0, 0.1) is 0 Å². The van der Waals surface area contributed by atoms with Crippen molar-refractivity contribution in [1.29, 1.82) is 0 Å². The minimum atomic E-state index is -4.34. The molecule has 0 aromatic heterocycles. The van der Waals surface area contributed by atoms with Gasteiger partial charge in [-0.2, -0.15) is 13.2 Å². The topological polar surface area (TPSA) is 52.8 Å². The molecule has 4 nitrogen and oxygen atoms in total. The third-order valence-corrected chi connectivity index (χ3v) is 4.16. The highest BCUT2D eigenvalue weighted by atomic mass is 19.4. The van der Waals surface area contributed by atoms with Crippen molar-refractivity contribution < 1.29 is 17.9 Å². The van der Waals surface area contributed by atoms with Crippen LogP contribution in [0.15, 0.2) is 48.5 Å². The standard InChI is InChI=1S/C18H14F3N3O/c1-25-13-6-7-14-10(8-13)9-15-16(14)23-24-17(15)22-12-4-2-11(3-5-12)18(19,20)21/h2-9,22-24H,1H3. The lowest BCUT2D eigenvalue weighted by Crippen LogP contribution is -2.04. The molecule has 1 aliphatic heterocycles. The van der Waals surface area contributed by atoms with Gasteiger partial charge in [-0.15, -0.1) is 0 Å². The molecule has 0 saturated carbocycles. The summed E-state index contributed by atoms with van der Waals surface area (Å²) >= 11 is 0. The molecule has 3 N–H and O–H groups in total. The Morgan fingerprint density at radius 2 is 1.72 bits per heavy atom. The highest BCUT2D eigenvalue weighted by Gasteiger charge is 2.30. The lowest BCUT2D eigenvalue weighted by molar-refractivity contribution is -0.137. The van der Waals surface area contributed by atoms with Gasteiger partial charge in [0.25, 0.3) is 0 Å². The van der Waals surface area contributed by atoms with Crippen molar-refractivity contribution in [3.63, 3.8) is 0 Å². The second-order valence-corrected chi connectivity index (χ2v) is 5.71. The Bertz CT molecular complexity index is 999. The maximum atomic E-state index is 12.6. The second kappa shape index (κ2) is 5.47. The van der Waals surface area contributed by atoms with E-state index in [1.807, 2.05) is 24.3 Å². The van der Waals surface area contributed by atoms with Crippen LogP contribution in [0.4, 0.5) is 24.7 Å². The van der Waals surface area contributed by atoms with Crippen molar-refractivity contribution in [2.75, 3.05) is 12.4 Å². The van der Waals surface area contributed by atoms with Gasteiger partial charge in [0.2, 0.25) is 0 Å². The molecule has 0 saturated heterocycles. The van der Waals surface area contributed by atoms with E-state index >= 15 is 0 Å². The zero-order valence-electron chi connectivity index (χ0n) is 13.2. The van der Waals surface area contributed by atoms with Gasteiger partial charge in [0, 0.05) is 16.6 Å². The summed E-state index contributed by atoms with van der Waals surface area (Å²) in [4.78, 5) is 0. The van der Waals surface area contributed by atoms with E-state index in [0.717, 1.165) is 39.9 Å². The number of hydrogen-bond donors (Lipinski definition) is 3. The molecule has 128 valence electrons. The van der Waals surface area contributed by atoms with Crippen LogP contribution in [0.2, 0.25) is 0 Å². The fraction of sp³-hybridized carbons (Fsp3) is 0.111. The summed E-state index contributed by atoms with van der Waals surface area (Å²) in [6.45, 7) is 0. The number of fused-ring (bicyclic) bond motifs is 3. The van der Waals surface area contributed by atoms with Crippen LogP contribution in [0.1, 0.15) is 5.56 Å². The van der Waals surface area contributed by atoms with E-state index in [0.29, 0.717) is 11.5 Å². The van der Waals surface area contributed by atoms with Crippen molar-refractivity contribution in [2.24, 2.45) is 0 Å². The first-order valence-electron chi connectivity index (χ1n) is 7.57. The van der Waals surface area contributed by atoms with E-state index in [1.165, 1.54) is 12.1 Å². The van der Waals surface area contributed by atoms with Crippen molar-refractivity contribution in [3.05, 3.63) is 54.1 Å². The number of nitrogens with one attached hydrogen (secondary N) is 3. The molecule has 1 aliphatic carbocycles. The smallest absolute Gasteiger partial charge is 0.416 e. The summed E-state index contributed by atoms with van der Waals surface area (Å²) in [5.41, 5.74) is 1.73. The Morgan fingerprint density at radius 3 is 2.40 bits per heavy atom. The van der Waals surface area contributed by atoms with Crippen molar-refractivity contribution >= 4 is 22.3 Å². The van der Waals surface area contributed by atoms with Gasteiger partial charge in [-0.05, 0) is 53.9 Å². The van der Waals surface area contributed by atoms with Gasteiger partial charge in [-0.3, -0.25) is 10.2 Å². The van der Waals surface area contributed by atoms with Crippen LogP contribution in [-0.4, -0.2) is 17.3 Å². The van der Waals surface area contributed by atoms with Crippen LogP contribution in [-0.2, 0) is 6.18 Å². The fourth-order valence-electron chi connectivity index (χ4n) is 2.90. The average Bonchev–Trinajstić information content (AvgIpc) is 3.13. The van der Waals surface area contributed by atoms with Gasteiger partial charge in [-0.25, -0.2) is 0 Å². The molecule has 7 heteroatoms. The number of hydrogen-bond acceptors (Lipinski definition) is 2. The molecule has 0 fully saturated rings. The zero-order valence-corrected chi connectivity index (χ0v) is 13.2. The molecule has 2 aliphatic rings. The number of benzene rings is 2. The Hall–Kier alpha value is -3.09. The Labute approximate surface area is 140 Å². The Balaban J connectivity index is 1.66. The highest BCUT2D eigenvalue weighted by molar-refractivity contribution is 6.04. The molecular formula is C18H14F3N3O. The van der Waals surface area contributed by atoms with Gasteiger partial charge >= 0.3 is 6.18 Å². The largest absolute Gasteiger partial charge is 0.497 e. The number of H-pyrrole nitrogens is 2. The molecule has 0 bridgehead atoms. The summed E-state index contributed by atoms with van der Waals surface area (Å²) < 4.78 is 43.2. The molecule has 0 amide bonds. The third-order valence-electron chi connectivity index (χ3n) is 4.16. The maximum absolute atomic E-state index is 12.6. The minimum absolute atomic E-state index is 0.563. The van der Waals surface area contributed by atoms with E-state index in [-0.39, 0.29) is 0 Å². The highest BCUT2D eigenvalue weighted by Crippen LogP contribution is 2.39. The Kier molecular flexibility index (Phi) is 3.38. The first kappa shape index (κ1) is 15.4. The predicted molar refractivity (Wildman–Crippen MR) is 90.6 cm³/mol. The van der Waals surface area contributed by atoms with Crippen LogP contribution in [0.5, 0.6) is 5.75 Å². The lowest BCUT2D eigenvalue weighted by atomic mass is 10.2. The van der Waals surface area contributed by atoms with Crippen molar-refractivity contribution in [2.45, 2.75) is 6.18 Å². The second-order valence-electron chi connectivity index (χ2n) is 5.71. The molecule has 0 spiro atoms. The molecule has 0 unspecified atom stereocenters. The van der Waals surface area contributed by atoms with E-state index in [9.17, 15) is 13.2 Å². The zero-order chi connectivity index (χ0) is 17.6. The average molecular weight is 345 g/mol. The van der Waals surface area contributed by atoms with Gasteiger partial charge in [0.15, 0.2) is 0 Å². The number of aromatic amines is 2. The molecule has 0 radical (unpaired) electrons. The Morgan fingerprint density at radius 1 is 0.960 bits per heavy atom. The summed E-state index contributed by atoms with van der Waals surface area (Å²) in [7, 11) is 1.61. The predicted octanol–water partition coefficient (Wildman–Crippen LogP) is 5.37. The SMILES string of the molecule is COc1ccc2c3[nH][nH]c(Nc4ccc(C(F)(F)F)cc4)c-3cc2c1. The first-order chi connectivity index (χ1) is 12.0. The summed E-state index contributed by atoms with van der Waals surface area (Å²) in [6.07, 6.45) is -4.34. The maximum Gasteiger partial charge on any atom is 0.416 e.